The monoisotopic (exact) mass is 458 g/mol. The van der Waals surface area contributed by atoms with E-state index in [0.29, 0.717) is 32.1 Å². The largest absolute Gasteiger partial charge is 0.449 e. The lowest BCUT2D eigenvalue weighted by Crippen LogP contribution is -2.70. The van der Waals surface area contributed by atoms with Crippen molar-refractivity contribution in [3.05, 3.63) is 35.9 Å². The first-order valence-electron chi connectivity index (χ1n) is 12.4. The molecule has 1 aromatic rings. The number of hydrogen-bond donors (Lipinski definition) is 1. The number of carbonyl (C=O) groups is 2. The molecule has 3 aliphatic rings. The van der Waals surface area contributed by atoms with Crippen LogP contribution < -0.4 is 5.32 Å². The van der Waals surface area contributed by atoms with E-state index in [9.17, 15) is 9.59 Å². The Bertz CT molecular complexity index is 812. The van der Waals surface area contributed by atoms with Gasteiger partial charge < -0.3 is 24.4 Å². The van der Waals surface area contributed by atoms with Crippen LogP contribution in [0.25, 0.3) is 0 Å². The van der Waals surface area contributed by atoms with Crippen molar-refractivity contribution in [2.75, 3.05) is 19.8 Å². The molecule has 3 fully saturated rings. The van der Waals surface area contributed by atoms with Gasteiger partial charge in [-0.3, -0.25) is 0 Å². The van der Waals surface area contributed by atoms with Gasteiger partial charge in [-0.2, -0.15) is 0 Å². The smallest absolute Gasteiger partial charge is 0.410 e. The minimum Gasteiger partial charge on any atom is -0.449 e. The van der Waals surface area contributed by atoms with Crippen molar-refractivity contribution in [3.8, 4) is 0 Å². The predicted molar refractivity (Wildman–Crippen MR) is 125 cm³/mol. The lowest BCUT2D eigenvalue weighted by Gasteiger charge is -2.51. The normalized spacial score (nSPS) is 30.5. The molecule has 1 aliphatic carbocycles. The molecule has 1 saturated carbocycles. The minimum atomic E-state index is -0.582. The number of benzene rings is 1. The third-order valence-electron chi connectivity index (χ3n) is 7.23. The molecule has 2 saturated heterocycles. The molecule has 4 rings (SSSR count). The van der Waals surface area contributed by atoms with Crippen LogP contribution in [-0.2, 0) is 14.2 Å². The number of carbonyl (C=O) groups excluding carboxylic acids is 2. The highest BCUT2D eigenvalue weighted by molar-refractivity contribution is 5.71. The molecule has 0 radical (unpaired) electrons. The van der Waals surface area contributed by atoms with Crippen molar-refractivity contribution in [2.24, 2.45) is 0 Å². The van der Waals surface area contributed by atoms with Crippen LogP contribution in [0.4, 0.5) is 9.59 Å². The number of rotatable bonds is 4. The summed E-state index contributed by atoms with van der Waals surface area (Å²) in [5.74, 6) is 0.583. The average molecular weight is 459 g/mol. The van der Waals surface area contributed by atoms with Crippen LogP contribution in [0.1, 0.15) is 77.2 Å². The number of hydrogen-bond acceptors (Lipinski definition) is 5. The maximum Gasteiger partial charge on any atom is 0.410 e. The van der Waals surface area contributed by atoms with Crippen molar-refractivity contribution in [3.63, 3.8) is 0 Å². The Balaban J connectivity index is 1.43. The number of cyclic esters (lactones) is 1. The summed E-state index contributed by atoms with van der Waals surface area (Å²) in [5.41, 5.74) is 0.288. The SMILES string of the molecule is CC(C)(C)OC(=O)N1CCCC2(CCOC(=O)N2)C1COC1CCC(c2ccccc2)CC1. The second-order valence-corrected chi connectivity index (χ2v) is 10.7. The van der Waals surface area contributed by atoms with Crippen LogP contribution in [0.5, 0.6) is 0 Å². The van der Waals surface area contributed by atoms with Crippen molar-refractivity contribution in [1.82, 2.24) is 10.2 Å². The molecule has 2 atom stereocenters. The second kappa shape index (κ2) is 9.92. The Morgan fingerprint density at radius 2 is 1.88 bits per heavy atom. The van der Waals surface area contributed by atoms with Gasteiger partial charge in [-0.25, -0.2) is 9.59 Å². The number of nitrogens with zero attached hydrogens (tertiary/aromatic N) is 1. The van der Waals surface area contributed by atoms with Crippen LogP contribution in [0.15, 0.2) is 30.3 Å². The zero-order valence-electron chi connectivity index (χ0n) is 20.2. The maximum absolute atomic E-state index is 13.1. The Kier molecular flexibility index (Phi) is 7.17. The molecule has 2 unspecified atom stereocenters. The van der Waals surface area contributed by atoms with Crippen molar-refractivity contribution in [1.29, 1.82) is 0 Å². The highest BCUT2D eigenvalue weighted by Gasteiger charge is 2.50. The average Bonchev–Trinajstić information content (AvgIpc) is 2.78. The van der Waals surface area contributed by atoms with E-state index < -0.39 is 17.2 Å². The molecule has 1 aromatic carbocycles. The molecule has 2 amide bonds. The summed E-state index contributed by atoms with van der Waals surface area (Å²) in [4.78, 5) is 27.0. The fourth-order valence-corrected chi connectivity index (χ4v) is 5.55. The highest BCUT2D eigenvalue weighted by atomic mass is 16.6. The Morgan fingerprint density at radius 3 is 2.55 bits per heavy atom. The standard InChI is InChI=1S/C26H38N2O5/c1-25(2,3)33-24(30)28-16-7-14-26(15-17-31-23(29)27-26)22(28)18-32-21-12-10-20(11-13-21)19-8-5-4-6-9-19/h4-6,8-9,20-22H,7,10-18H2,1-3H3,(H,27,29). The lowest BCUT2D eigenvalue weighted by molar-refractivity contribution is -0.0700. The summed E-state index contributed by atoms with van der Waals surface area (Å²) in [6, 6.07) is 10.4. The van der Waals surface area contributed by atoms with Crippen molar-refractivity contribution in [2.45, 2.75) is 94.9 Å². The number of likely N-dealkylation sites (tertiary alicyclic amines) is 1. The highest BCUT2D eigenvalue weighted by Crippen LogP contribution is 2.37. The van der Waals surface area contributed by atoms with Crippen LogP contribution in [0.3, 0.4) is 0 Å². The summed E-state index contributed by atoms with van der Waals surface area (Å²) in [7, 11) is 0. The van der Waals surface area contributed by atoms with Crippen LogP contribution in [0.2, 0.25) is 0 Å². The van der Waals surface area contributed by atoms with Crippen LogP contribution in [0, 0.1) is 0 Å². The zero-order chi connectivity index (χ0) is 23.5. The number of nitrogens with one attached hydrogen (secondary N) is 1. The van der Waals surface area contributed by atoms with Crippen LogP contribution in [-0.4, -0.2) is 60.1 Å². The number of ether oxygens (including phenoxy) is 3. The van der Waals surface area contributed by atoms with E-state index in [1.807, 2.05) is 20.8 Å². The molecule has 7 heteroatoms. The zero-order valence-corrected chi connectivity index (χ0v) is 20.2. The molecular weight excluding hydrogens is 420 g/mol. The summed E-state index contributed by atoms with van der Waals surface area (Å²) in [6.45, 7) is 6.96. The molecule has 0 aromatic heterocycles. The minimum absolute atomic E-state index is 0.167. The molecule has 182 valence electrons. The van der Waals surface area contributed by atoms with Gasteiger partial charge in [-0.1, -0.05) is 30.3 Å². The Hall–Kier alpha value is -2.28. The van der Waals surface area contributed by atoms with Gasteiger partial charge in [-0.15, -0.1) is 0 Å². The van der Waals surface area contributed by atoms with E-state index in [1.165, 1.54) is 5.56 Å². The molecule has 0 bridgehead atoms. The first-order chi connectivity index (χ1) is 15.8. The Labute approximate surface area is 197 Å². The maximum atomic E-state index is 13.1. The van der Waals surface area contributed by atoms with Crippen LogP contribution >= 0.6 is 0 Å². The molecule has 2 heterocycles. The van der Waals surface area contributed by atoms with Gasteiger partial charge in [0.15, 0.2) is 0 Å². The molecule has 7 nitrogen and oxygen atoms in total. The summed E-state index contributed by atoms with van der Waals surface area (Å²) in [6.07, 6.45) is 5.88. The lowest BCUT2D eigenvalue weighted by atomic mass is 9.78. The quantitative estimate of drug-likeness (QED) is 0.687. The fraction of sp³-hybridized carbons (Fsp3) is 0.692. The Morgan fingerprint density at radius 1 is 1.15 bits per heavy atom. The van der Waals surface area contributed by atoms with Gasteiger partial charge in [0, 0.05) is 13.0 Å². The number of alkyl carbamates (subject to hydrolysis) is 1. The molecular formula is C26H38N2O5. The molecule has 1 spiro atoms. The third kappa shape index (κ3) is 5.81. The first-order valence-corrected chi connectivity index (χ1v) is 12.4. The fourth-order valence-electron chi connectivity index (χ4n) is 5.55. The molecule has 1 N–H and O–H groups in total. The number of piperidine rings is 1. The van der Waals surface area contributed by atoms with Gasteiger partial charge >= 0.3 is 12.2 Å². The van der Waals surface area contributed by atoms with E-state index in [4.69, 9.17) is 14.2 Å². The molecule has 33 heavy (non-hydrogen) atoms. The second-order valence-electron chi connectivity index (χ2n) is 10.7. The summed E-state index contributed by atoms with van der Waals surface area (Å²) in [5, 5.41) is 3.06. The van der Waals surface area contributed by atoms with E-state index in [-0.39, 0.29) is 18.2 Å². The molecule has 2 aliphatic heterocycles. The first kappa shape index (κ1) is 23.9. The summed E-state index contributed by atoms with van der Waals surface area (Å²) < 4.78 is 17.3. The topological polar surface area (TPSA) is 77.1 Å². The van der Waals surface area contributed by atoms with Gasteiger partial charge in [0.2, 0.25) is 0 Å². The van der Waals surface area contributed by atoms with Gasteiger partial charge in [0.25, 0.3) is 0 Å². The van der Waals surface area contributed by atoms with E-state index >= 15 is 0 Å². The van der Waals surface area contributed by atoms with E-state index in [2.05, 4.69) is 35.6 Å². The van der Waals surface area contributed by atoms with Gasteiger partial charge in [0.1, 0.15) is 5.60 Å². The third-order valence-corrected chi connectivity index (χ3v) is 7.23. The van der Waals surface area contributed by atoms with Crippen molar-refractivity contribution < 1.29 is 23.8 Å². The van der Waals surface area contributed by atoms with E-state index in [1.54, 1.807) is 4.90 Å². The van der Waals surface area contributed by atoms with Gasteiger partial charge in [0.05, 0.1) is 30.9 Å². The van der Waals surface area contributed by atoms with Gasteiger partial charge in [-0.05, 0) is 70.8 Å². The number of amides is 2. The van der Waals surface area contributed by atoms with Crippen molar-refractivity contribution >= 4 is 12.2 Å². The van der Waals surface area contributed by atoms with E-state index in [0.717, 1.165) is 38.5 Å². The summed E-state index contributed by atoms with van der Waals surface area (Å²) >= 11 is 0. The predicted octanol–water partition coefficient (Wildman–Crippen LogP) is 5.00.